The molecule has 0 N–H and O–H groups in total. The molecule has 0 saturated carbocycles. The monoisotopic (exact) mass is 395 g/mol. The van der Waals surface area contributed by atoms with E-state index in [0.29, 0.717) is 13.1 Å². The predicted molar refractivity (Wildman–Crippen MR) is 115 cm³/mol. The van der Waals surface area contributed by atoms with Crippen LogP contribution in [0.4, 0.5) is 4.79 Å². The number of hydrogen-bond acceptors (Lipinski definition) is 5. The first-order valence-electron chi connectivity index (χ1n) is 9.96. The van der Waals surface area contributed by atoms with Crippen LogP contribution in [0, 0.1) is 0 Å². The van der Waals surface area contributed by atoms with Crippen LogP contribution in [0.2, 0.25) is 0 Å². The van der Waals surface area contributed by atoms with E-state index in [1.54, 1.807) is 18.1 Å². The molecule has 1 aromatic heterocycles. The van der Waals surface area contributed by atoms with E-state index in [4.69, 9.17) is 9.47 Å². The number of piperidine rings is 1. The van der Waals surface area contributed by atoms with Gasteiger partial charge in [0.2, 0.25) is 0 Å². The van der Waals surface area contributed by atoms with E-state index in [1.807, 2.05) is 57.4 Å². The number of amides is 1. The molecule has 0 radical (unpaired) electrons. The molecule has 0 aliphatic carbocycles. The summed E-state index contributed by atoms with van der Waals surface area (Å²) >= 11 is 0. The van der Waals surface area contributed by atoms with Gasteiger partial charge in [0.05, 0.1) is 6.20 Å². The van der Waals surface area contributed by atoms with Crippen LogP contribution in [0.5, 0.6) is 5.75 Å². The highest BCUT2D eigenvalue weighted by molar-refractivity contribution is 5.82. The number of hydrogen-bond donors (Lipinski definition) is 0. The summed E-state index contributed by atoms with van der Waals surface area (Å²) in [5.41, 5.74) is 2.64. The van der Waals surface area contributed by atoms with Gasteiger partial charge in [0.15, 0.2) is 0 Å². The highest BCUT2D eigenvalue weighted by atomic mass is 16.6. The summed E-state index contributed by atoms with van der Waals surface area (Å²) in [6.07, 6.45) is 6.74. The molecule has 1 aliphatic heterocycles. The standard InChI is InChI=1S/C23H29N3O3/c1-23(2,3)29-22(27)26-10-8-20(9-11-26)28-21-13-19(15-25-16-21)18-7-5-6-17(12-18)14-24-4/h5-7,12-16,20H,8-11H2,1-4H3/b24-14+. The number of ether oxygens (including phenoxy) is 2. The minimum absolute atomic E-state index is 0.0595. The maximum Gasteiger partial charge on any atom is 0.410 e. The maximum atomic E-state index is 12.2. The fraction of sp³-hybridized carbons (Fsp3) is 0.435. The van der Waals surface area contributed by atoms with Gasteiger partial charge in [-0.05, 0) is 44.0 Å². The van der Waals surface area contributed by atoms with Gasteiger partial charge < -0.3 is 14.4 Å². The van der Waals surface area contributed by atoms with E-state index >= 15 is 0 Å². The van der Waals surface area contributed by atoms with Gasteiger partial charge in [0, 0.05) is 51.0 Å². The fourth-order valence-electron chi connectivity index (χ4n) is 3.26. The lowest BCUT2D eigenvalue weighted by molar-refractivity contribution is 0.0126. The molecule has 1 aromatic carbocycles. The molecular weight excluding hydrogens is 366 g/mol. The van der Waals surface area contributed by atoms with E-state index in [9.17, 15) is 4.79 Å². The average molecular weight is 396 g/mol. The summed E-state index contributed by atoms with van der Waals surface area (Å²) in [6, 6.07) is 10.2. The van der Waals surface area contributed by atoms with Crippen molar-refractivity contribution in [3.05, 3.63) is 48.3 Å². The van der Waals surface area contributed by atoms with E-state index in [2.05, 4.69) is 16.0 Å². The Labute approximate surface area is 172 Å². The summed E-state index contributed by atoms with van der Waals surface area (Å²) < 4.78 is 11.6. The van der Waals surface area contributed by atoms with Crippen molar-refractivity contribution in [2.45, 2.75) is 45.3 Å². The van der Waals surface area contributed by atoms with E-state index in [1.165, 1.54) is 0 Å². The van der Waals surface area contributed by atoms with Crippen LogP contribution in [0.1, 0.15) is 39.2 Å². The van der Waals surface area contributed by atoms with Gasteiger partial charge in [-0.15, -0.1) is 0 Å². The molecule has 154 valence electrons. The number of rotatable bonds is 4. The molecule has 1 fully saturated rings. The molecule has 0 bridgehead atoms. The van der Waals surface area contributed by atoms with Crippen LogP contribution in [0.3, 0.4) is 0 Å². The summed E-state index contributed by atoms with van der Waals surface area (Å²) in [5, 5.41) is 0. The van der Waals surface area contributed by atoms with Gasteiger partial charge in [0.1, 0.15) is 17.5 Å². The first-order valence-corrected chi connectivity index (χ1v) is 9.96. The molecule has 6 heteroatoms. The summed E-state index contributed by atoms with van der Waals surface area (Å²) in [6.45, 7) is 6.90. The van der Waals surface area contributed by atoms with Gasteiger partial charge in [0.25, 0.3) is 0 Å². The Balaban J connectivity index is 1.60. The van der Waals surface area contributed by atoms with E-state index in [0.717, 1.165) is 35.3 Å². The van der Waals surface area contributed by atoms with Crippen LogP contribution in [-0.2, 0) is 4.74 Å². The van der Waals surface area contributed by atoms with Crippen LogP contribution in [-0.4, -0.2) is 54.0 Å². The normalized spacial score (nSPS) is 15.5. The third kappa shape index (κ3) is 6.04. The van der Waals surface area contributed by atoms with Gasteiger partial charge in [-0.25, -0.2) is 4.79 Å². The molecule has 1 amide bonds. The molecule has 0 spiro atoms. The summed E-state index contributed by atoms with van der Waals surface area (Å²) in [5.74, 6) is 0.743. The second-order valence-corrected chi connectivity index (χ2v) is 8.21. The number of aromatic nitrogens is 1. The minimum atomic E-state index is -0.475. The fourth-order valence-corrected chi connectivity index (χ4v) is 3.26. The van der Waals surface area contributed by atoms with E-state index < -0.39 is 5.60 Å². The van der Waals surface area contributed by atoms with Crippen LogP contribution >= 0.6 is 0 Å². The zero-order chi connectivity index (χ0) is 20.9. The lowest BCUT2D eigenvalue weighted by Crippen LogP contribution is -2.44. The molecule has 6 nitrogen and oxygen atoms in total. The average Bonchev–Trinajstić information content (AvgIpc) is 2.68. The Hall–Kier alpha value is -2.89. The highest BCUT2D eigenvalue weighted by Crippen LogP contribution is 2.26. The topological polar surface area (TPSA) is 64.0 Å². The third-order valence-electron chi connectivity index (χ3n) is 4.61. The maximum absolute atomic E-state index is 12.2. The quantitative estimate of drug-likeness (QED) is 0.711. The van der Waals surface area contributed by atoms with Crippen molar-refractivity contribution in [2.75, 3.05) is 20.1 Å². The first kappa shape index (κ1) is 20.8. The summed E-state index contributed by atoms with van der Waals surface area (Å²) in [7, 11) is 1.76. The largest absolute Gasteiger partial charge is 0.489 e. The number of nitrogens with zero attached hydrogens (tertiary/aromatic N) is 3. The smallest absolute Gasteiger partial charge is 0.410 e. The first-order chi connectivity index (χ1) is 13.8. The second kappa shape index (κ2) is 9.07. The third-order valence-corrected chi connectivity index (χ3v) is 4.61. The Morgan fingerprint density at radius 1 is 1.17 bits per heavy atom. The lowest BCUT2D eigenvalue weighted by atomic mass is 10.0. The Morgan fingerprint density at radius 3 is 2.62 bits per heavy atom. The Bertz CT molecular complexity index is 866. The Morgan fingerprint density at radius 2 is 1.93 bits per heavy atom. The zero-order valence-corrected chi connectivity index (χ0v) is 17.6. The molecule has 3 rings (SSSR count). The highest BCUT2D eigenvalue weighted by Gasteiger charge is 2.27. The molecular formula is C23H29N3O3. The number of likely N-dealkylation sites (tertiary alicyclic amines) is 1. The SMILES string of the molecule is C/N=C/c1cccc(-c2cncc(OC3CCN(C(=O)OC(C)(C)C)CC3)c2)c1. The predicted octanol–water partition coefficient (Wildman–Crippen LogP) is 4.58. The van der Waals surface area contributed by atoms with E-state index in [-0.39, 0.29) is 12.2 Å². The van der Waals surface area contributed by atoms with Crippen molar-refractivity contribution in [3.63, 3.8) is 0 Å². The number of carbonyl (C=O) groups is 1. The van der Waals surface area contributed by atoms with Gasteiger partial charge in [-0.2, -0.15) is 0 Å². The number of carbonyl (C=O) groups excluding carboxylic acids is 1. The van der Waals surface area contributed by atoms with Crippen molar-refractivity contribution in [1.29, 1.82) is 0 Å². The van der Waals surface area contributed by atoms with Crippen molar-refractivity contribution in [1.82, 2.24) is 9.88 Å². The van der Waals surface area contributed by atoms with Gasteiger partial charge >= 0.3 is 6.09 Å². The molecule has 1 saturated heterocycles. The van der Waals surface area contributed by atoms with Crippen LogP contribution in [0.25, 0.3) is 11.1 Å². The molecule has 0 unspecified atom stereocenters. The lowest BCUT2D eigenvalue weighted by Gasteiger charge is -2.33. The minimum Gasteiger partial charge on any atom is -0.489 e. The molecule has 2 heterocycles. The number of benzene rings is 1. The molecule has 0 atom stereocenters. The van der Waals surface area contributed by atoms with Crippen molar-refractivity contribution < 1.29 is 14.3 Å². The van der Waals surface area contributed by atoms with Gasteiger partial charge in [-0.3, -0.25) is 9.98 Å². The van der Waals surface area contributed by atoms with Crippen molar-refractivity contribution >= 4 is 12.3 Å². The Kier molecular flexibility index (Phi) is 6.52. The second-order valence-electron chi connectivity index (χ2n) is 8.21. The number of pyridine rings is 1. The van der Waals surface area contributed by atoms with Crippen LogP contribution in [0.15, 0.2) is 47.7 Å². The molecule has 1 aliphatic rings. The number of aliphatic imine (C=N–C) groups is 1. The molecule has 2 aromatic rings. The van der Waals surface area contributed by atoms with Crippen LogP contribution < -0.4 is 4.74 Å². The molecule has 29 heavy (non-hydrogen) atoms. The zero-order valence-electron chi connectivity index (χ0n) is 17.6. The van der Waals surface area contributed by atoms with Crippen molar-refractivity contribution in [3.8, 4) is 16.9 Å². The summed E-state index contributed by atoms with van der Waals surface area (Å²) in [4.78, 5) is 22.4. The van der Waals surface area contributed by atoms with Gasteiger partial charge in [-0.1, -0.05) is 18.2 Å². The van der Waals surface area contributed by atoms with Crippen molar-refractivity contribution in [2.24, 2.45) is 4.99 Å².